The van der Waals surface area contributed by atoms with Crippen LogP contribution >= 0.6 is 11.8 Å². The van der Waals surface area contributed by atoms with Gasteiger partial charge in [-0.1, -0.05) is 53.7 Å². The number of para-hydroxylation sites is 2. The number of fused-ring (bicyclic) bond motifs is 1. The number of aromatic nitrogens is 3. The predicted octanol–water partition coefficient (Wildman–Crippen LogP) is 3.82. The highest BCUT2D eigenvalue weighted by atomic mass is 32.2. The number of rotatable bonds is 8. The third-order valence-corrected chi connectivity index (χ3v) is 5.65. The van der Waals surface area contributed by atoms with Crippen LogP contribution in [-0.4, -0.2) is 37.8 Å². The summed E-state index contributed by atoms with van der Waals surface area (Å²) in [5.41, 5.74) is 8.16. The first-order chi connectivity index (χ1) is 14.7. The molecule has 0 saturated heterocycles. The molecular weight excluding hydrogens is 394 g/mol. The second-order valence-corrected chi connectivity index (χ2v) is 7.94. The zero-order valence-electron chi connectivity index (χ0n) is 16.6. The molecular formula is C23H23N5OS. The molecule has 2 aromatic carbocycles. The first-order valence-electron chi connectivity index (χ1n) is 9.69. The Morgan fingerprint density at radius 3 is 2.67 bits per heavy atom. The van der Waals surface area contributed by atoms with Crippen LogP contribution in [0.2, 0.25) is 0 Å². The van der Waals surface area contributed by atoms with Gasteiger partial charge in [-0.3, -0.25) is 10.4 Å². The standard InChI is InChI=1S/C23H23N5OS/c1-17-6-8-19(9-7-17)15-28-21-5-3-2-4-20(21)26-23(28)30-16-22(29)27-25-14-18-10-12-24-13-11-18/h2-14,22,27,29H,15-16H2,1H3/b25-14+. The van der Waals surface area contributed by atoms with Gasteiger partial charge in [-0.15, -0.1) is 0 Å². The Kier molecular flexibility index (Phi) is 6.41. The highest BCUT2D eigenvalue weighted by Crippen LogP contribution is 2.25. The maximum Gasteiger partial charge on any atom is 0.169 e. The summed E-state index contributed by atoms with van der Waals surface area (Å²) in [6, 6.07) is 20.3. The van der Waals surface area contributed by atoms with Crippen molar-refractivity contribution in [3.05, 3.63) is 89.7 Å². The number of nitrogens with one attached hydrogen (secondary N) is 1. The topological polar surface area (TPSA) is 75.3 Å². The van der Waals surface area contributed by atoms with Crippen LogP contribution in [0.3, 0.4) is 0 Å². The fourth-order valence-corrected chi connectivity index (χ4v) is 3.89. The molecule has 4 rings (SSSR count). The lowest BCUT2D eigenvalue weighted by Gasteiger charge is -2.12. The summed E-state index contributed by atoms with van der Waals surface area (Å²) in [6.45, 7) is 2.82. The minimum atomic E-state index is -0.791. The van der Waals surface area contributed by atoms with Crippen LogP contribution in [0.4, 0.5) is 0 Å². The zero-order valence-corrected chi connectivity index (χ0v) is 17.5. The van der Waals surface area contributed by atoms with Gasteiger partial charge >= 0.3 is 0 Å². The van der Waals surface area contributed by atoms with Crippen LogP contribution in [0.5, 0.6) is 0 Å². The molecule has 1 unspecified atom stereocenters. The summed E-state index contributed by atoms with van der Waals surface area (Å²) in [7, 11) is 0. The normalized spacial score (nSPS) is 12.5. The molecule has 4 aromatic rings. The largest absolute Gasteiger partial charge is 0.371 e. The van der Waals surface area contributed by atoms with Gasteiger partial charge in [-0.25, -0.2) is 4.98 Å². The Hall–Kier alpha value is -3.16. The molecule has 0 aliphatic heterocycles. The smallest absolute Gasteiger partial charge is 0.169 e. The number of imidazole rings is 1. The fourth-order valence-electron chi connectivity index (χ4n) is 3.03. The molecule has 152 valence electrons. The van der Waals surface area contributed by atoms with Crippen LogP contribution < -0.4 is 5.43 Å². The monoisotopic (exact) mass is 417 g/mol. The maximum absolute atomic E-state index is 10.3. The van der Waals surface area contributed by atoms with E-state index in [0.717, 1.165) is 28.3 Å². The van der Waals surface area contributed by atoms with E-state index in [1.54, 1.807) is 18.6 Å². The fraction of sp³-hybridized carbons (Fsp3) is 0.174. The number of thioether (sulfide) groups is 1. The van der Waals surface area contributed by atoms with E-state index in [0.29, 0.717) is 5.75 Å². The molecule has 2 aromatic heterocycles. The van der Waals surface area contributed by atoms with Crippen molar-refractivity contribution >= 4 is 29.0 Å². The third-order valence-electron chi connectivity index (χ3n) is 4.59. The van der Waals surface area contributed by atoms with Gasteiger partial charge in [-0.2, -0.15) is 5.10 Å². The second kappa shape index (κ2) is 9.56. The molecule has 6 nitrogen and oxygen atoms in total. The van der Waals surface area contributed by atoms with E-state index >= 15 is 0 Å². The molecule has 0 saturated carbocycles. The first kappa shape index (κ1) is 20.1. The lowest BCUT2D eigenvalue weighted by atomic mass is 10.1. The van der Waals surface area contributed by atoms with E-state index < -0.39 is 6.23 Å². The van der Waals surface area contributed by atoms with E-state index in [2.05, 4.69) is 57.3 Å². The molecule has 0 amide bonds. The number of aryl methyl sites for hydroxylation is 1. The SMILES string of the molecule is Cc1ccc(Cn2c(SCC(O)N/N=C/c3ccncc3)nc3ccccc32)cc1. The van der Waals surface area contributed by atoms with Crippen molar-refractivity contribution in [2.75, 3.05) is 5.75 Å². The Labute approximate surface area is 179 Å². The molecule has 2 N–H and O–H groups in total. The Morgan fingerprint density at radius 2 is 1.87 bits per heavy atom. The molecule has 0 fully saturated rings. The second-order valence-electron chi connectivity index (χ2n) is 6.95. The van der Waals surface area contributed by atoms with Gasteiger partial charge in [0.1, 0.15) is 6.23 Å². The van der Waals surface area contributed by atoms with Crippen molar-refractivity contribution in [2.45, 2.75) is 24.9 Å². The van der Waals surface area contributed by atoms with Crippen LogP contribution in [0.25, 0.3) is 11.0 Å². The zero-order chi connectivity index (χ0) is 20.8. The summed E-state index contributed by atoms with van der Waals surface area (Å²) in [6.07, 6.45) is 4.27. The quantitative estimate of drug-likeness (QED) is 0.197. The van der Waals surface area contributed by atoms with Crippen LogP contribution in [0.15, 0.2) is 83.3 Å². The van der Waals surface area contributed by atoms with E-state index in [4.69, 9.17) is 4.98 Å². The van der Waals surface area contributed by atoms with E-state index in [9.17, 15) is 5.11 Å². The summed E-state index contributed by atoms with van der Waals surface area (Å²) in [5, 5.41) is 15.3. The van der Waals surface area contributed by atoms with Crippen molar-refractivity contribution < 1.29 is 5.11 Å². The van der Waals surface area contributed by atoms with E-state index in [-0.39, 0.29) is 0 Å². The minimum Gasteiger partial charge on any atom is -0.371 e. The highest BCUT2D eigenvalue weighted by Gasteiger charge is 2.13. The molecule has 0 aliphatic rings. The van der Waals surface area contributed by atoms with Crippen molar-refractivity contribution in [3.63, 3.8) is 0 Å². The van der Waals surface area contributed by atoms with Gasteiger partial charge in [0, 0.05) is 18.1 Å². The number of nitrogens with zero attached hydrogens (tertiary/aromatic N) is 4. The third kappa shape index (κ3) is 5.06. The van der Waals surface area contributed by atoms with Crippen molar-refractivity contribution in [3.8, 4) is 0 Å². The Bertz CT molecular complexity index is 1130. The molecule has 1 atom stereocenters. The molecule has 0 bridgehead atoms. The number of aliphatic hydroxyl groups is 1. The van der Waals surface area contributed by atoms with E-state index in [1.807, 2.05) is 30.3 Å². The number of benzene rings is 2. The van der Waals surface area contributed by atoms with Crippen LogP contribution in [-0.2, 0) is 6.54 Å². The van der Waals surface area contributed by atoms with Crippen LogP contribution in [0.1, 0.15) is 16.7 Å². The average Bonchev–Trinajstić information content (AvgIpc) is 3.12. The van der Waals surface area contributed by atoms with Crippen molar-refractivity contribution in [1.29, 1.82) is 0 Å². The highest BCUT2D eigenvalue weighted by molar-refractivity contribution is 7.99. The van der Waals surface area contributed by atoms with Gasteiger partial charge in [0.2, 0.25) is 0 Å². The Balaban J connectivity index is 1.45. The van der Waals surface area contributed by atoms with Gasteiger partial charge in [-0.05, 0) is 42.3 Å². The Morgan fingerprint density at radius 1 is 1.10 bits per heavy atom. The van der Waals surface area contributed by atoms with Gasteiger partial charge < -0.3 is 9.67 Å². The predicted molar refractivity (Wildman–Crippen MR) is 122 cm³/mol. The van der Waals surface area contributed by atoms with Crippen molar-refractivity contribution in [2.24, 2.45) is 5.10 Å². The summed E-state index contributed by atoms with van der Waals surface area (Å²) < 4.78 is 2.19. The van der Waals surface area contributed by atoms with Gasteiger partial charge in [0.15, 0.2) is 5.16 Å². The number of hydrogen-bond acceptors (Lipinski definition) is 6. The maximum atomic E-state index is 10.3. The minimum absolute atomic E-state index is 0.422. The molecule has 0 radical (unpaired) electrons. The number of hydrogen-bond donors (Lipinski definition) is 2. The lowest BCUT2D eigenvalue weighted by Crippen LogP contribution is -2.26. The summed E-state index contributed by atoms with van der Waals surface area (Å²) in [4.78, 5) is 8.74. The molecule has 2 heterocycles. The lowest BCUT2D eigenvalue weighted by molar-refractivity contribution is 0.163. The molecule has 0 spiro atoms. The van der Waals surface area contributed by atoms with Crippen LogP contribution in [0, 0.1) is 6.92 Å². The average molecular weight is 418 g/mol. The summed E-state index contributed by atoms with van der Waals surface area (Å²) in [5.74, 6) is 0.422. The van der Waals surface area contributed by atoms with Gasteiger partial charge in [0.25, 0.3) is 0 Å². The number of aliphatic hydroxyl groups excluding tert-OH is 1. The molecule has 0 aliphatic carbocycles. The number of hydrazone groups is 1. The first-order valence-corrected chi connectivity index (χ1v) is 10.7. The number of pyridine rings is 1. The molecule has 7 heteroatoms. The van der Waals surface area contributed by atoms with E-state index in [1.165, 1.54) is 22.9 Å². The summed E-state index contributed by atoms with van der Waals surface area (Å²) >= 11 is 1.50. The molecule has 30 heavy (non-hydrogen) atoms. The van der Waals surface area contributed by atoms with Crippen molar-refractivity contribution in [1.82, 2.24) is 20.0 Å². The van der Waals surface area contributed by atoms with Gasteiger partial charge in [0.05, 0.1) is 23.8 Å².